The molecule has 19 heavy (non-hydrogen) atoms. The van der Waals surface area contributed by atoms with Gasteiger partial charge in [-0.05, 0) is 42.0 Å². The van der Waals surface area contributed by atoms with Crippen molar-refractivity contribution in [3.05, 3.63) is 47.0 Å². The van der Waals surface area contributed by atoms with Gasteiger partial charge in [-0.25, -0.2) is 9.07 Å². The van der Waals surface area contributed by atoms with Crippen molar-refractivity contribution in [3.63, 3.8) is 0 Å². The largest absolute Gasteiger partial charge is 0.237 e. The van der Waals surface area contributed by atoms with Crippen LogP contribution in [-0.2, 0) is 0 Å². The molecule has 2 nitrogen and oxygen atoms in total. The summed E-state index contributed by atoms with van der Waals surface area (Å²) in [5.41, 5.74) is 3.64. The topological polar surface area (TPSA) is 17.8 Å². The van der Waals surface area contributed by atoms with E-state index in [4.69, 9.17) is 0 Å². The van der Waals surface area contributed by atoms with Crippen molar-refractivity contribution in [2.75, 3.05) is 0 Å². The minimum atomic E-state index is -0.219. The predicted molar refractivity (Wildman–Crippen MR) is 76.4 cm³/mol. The first kappa shape index (κ1) is 13.8. The zero-order valence-corrected chi connectivity index (χ0v) is 12.2. The standard InChI is InChI=1S/C16H21FN2/c1-10(2)13-6-7-16(15(17)8-13)19-9-14(11(3)4)12(5)18-19/h6-11H,1-5H3. The fourth-order valence-corrected chi connectivity index (χ4v) is 2.23. The summed E-state index contributed by atoms with van der Waals surface area (Å²) in [6.07, 6.45) is 1.92. The Bertz CT molecular complexity index is 582. The molecule has 0 radical (unpaired) electrons. The van der Waals surface area contributed by atoms with Crippen LogP contribution < -0.4 is 0 Å². The molecule has 0 bridgehead atoms. The van der Waals surface area contributed by atoms with Crippen molar-refractivity contribution in [3.8, 4) is 5.69 Å². The summed E-state index contributed by atoms with van der Waals surface area (Å²) in [6.45, 7) is 10.3. The molecule has 0 spiro atoms. The fourth-order valence-electron chi connectivity index (χ4n) is 2.23. The number of benzene rings is 1. The molecule has 102 valence electrons. The molecule has 2 aromatic rings. The Balaban J connectivity index is 2.45. The van der Waals surface area contributed by atoms with Gasteiger partial charge in [-0.15, -0.1) is 0 Å². The van der Waals surface area contributed by atoms with Gasteiger partial charge in [0, 0.05) is 6.20 Å². The van der Waals surface area contributed by atoms with E-state index in [2.05, 4.69) is 32.8 Å². The van der Waals surface area contributed by atoms with Crippen LogP contribution in [0.1, 0.15) is 56.4 Å². The molecule has 0 saturated heterocycles. The second-order valence-corrected chi connectivity index (χ2v) is 5.63. The van der Waals surface area contributed by atoms with Crippen molar-refractivity contribution >= 4 is 0 Å². The summed E-state index contributed by atoms with van der Waals surface area (Å²) < 4.78 is 15.8. The smallest absolute Gasteiger partial charge is 0.149 e. The van der Waals surface area contributed by atoms with Crippen LogP contribution in [0.4, 0.5) is 4.39 Å². The van der Waals surface area contributed by atoms with Crippen LogP contribution in [0.3, 0.4) is 0 Å². The van der Waals surface area contributed by atoms with Gasteiger partial charge in [0.2, 0.25) is 0 Å². The maximum Gasteiger partial charge on any atom is 0.149 e. The molecule has 0 aliphatic rings. The number of hydrogen-bond donors (Lipinski definition) is 0. The van der Waals surface area contributed by atoms with E-state index in [9.17, 15) is 4.39 Å². The Hall–Kier alpha value is -1.64. The SMILES string of the molecule is Cc1nn(-c2ccc(C(C)C)cc2F)cc1C(C)C. The van der Waals surface area contributed by atoms with Gasteiger partial charge < -0.3 is 0 Å². The maximum absolute atomic E-state index is 14.2. The molecule has 1 aromatic carbocycles. The monoisotopic (exact) mass is 260 g/mol. The highest BCUT2D eigenvalue weighted by atomic mass is 19.1. The van der Waals surface area contributed by atoms with E-state index in [1.54, 1.807) is 16.8 Å². The van der Waals surface area contributed by atoms with Crippen LogP contribution in [0, 0.1) is 12.7 Å². The number of halogens is 1. The zero-order chi connectivity index (χ0) is 14.2. The molecule has 1 aromatic heterocycles. The molecule has 3 heteroatoms. The van der Waals surface area contributed by atoms with Crippen molar-refractivity contribution in [2.45, 2.75) is 46.5 Å². The Morgan fingerprint density at radius 1 is 1.11 bits per heavy atom. The van der Waals surface area contributed by atoms with Gasteiger partial charge in [0.05, 0.1) is 5.69 Å². The average molecular weight is 260 g/mol. The fraction of sp³-hybridized carbons (Fsp3) is 0.438. The summed E-state index contributed by atoms with van der Waals surface area (Å²) in [7, 11) is 0. The molecule has 2 rings (SSSR count). The van der Waals surface area contributed by atoms with Gasteiger partial charge in [0.15, 0.2) is 0 Å². The summed E-state index contributed by atoms with van der Waals surface area (Å²) in [4.78, 5) is 0. The van der Waals surface area contributed by atoms with Gasteiger partial charge in [-0.3, -0.25) is 0 Å². The van der Waals surface area contributed by atoms with E-state index >= 15 is 0 Å². The normalized spacial score (nSPS) is 11.6. The third-order valence-electron chi connectivity index (χ3n) is 3.44. The van der Waals surface area contributed by atoms with Crippen molar-refractivity contribution in [1.82, 2.24) is 9.78 Å². The lowest BCUT2D eigenvalue weighted by atomic mass is 10.0. The van der Waals surface area contributed by atoms with Gasteiger partial charge in [0.25, 0.3) is 0 Å². The third-order valence-corrected chi connectivity index (χ3v) is 3.44. The Morgan fingerprint density at radius 3 is 2.26 bits per heavy atom. The van der Waals surface area contributed by atoms with Crippen molar-refractivity contribution in [1.29, 1.82) is 0 Å². The minimum Gasteiger partial charge on any atom is -0.237 e. The first-order valence-corrected chi connectivity index (χ1v) is 6.76. The van der Waals surface area contributed by atoms with Gasteiger partial charge in [-0.1, -0.05) is 33.8 Å². The molecule has 0 amide bonds. The number of aromatic nitrogens is 2. The molecule has 0 fully saturated rings. The Morgan fingerprint density at radius 2 is 1.79 bits per heavy atom. The highest BCUT2D eigenvalue weighted by Gasteiger charge is 2.13. The molecular formula is C16H21FN2. The van der Waals surface area contributed by atoms with Crippen LogP contribution in [0.15, 0.2) is 24.4 Å². The second-order valence-electron chi connectivity index (χ2n) is 5.63. The number of hydrogen-bond acceptors (Lipinski definition) is 1. The molecular weight excluding hydrogens is 239 g/mol. The average Bonchev–Trinajstić information content (AvgIpc) is 2.71. The highest BCUT2D eigenvalue weighted by molar-refractivity contribution is 5.38. The molecule has 0 atom stereocenters. The molecule has 0 aliphatic heterocycles. The Labute approximate surface area is 114 Å². The molecule has 0 N–H and O–H groups in total. The summed E-state index contributed by atoms with van der Waals surface area (Å²) in [6, 6.07) is 5.38. The van der Waals surface area contributed by atoms with Gasteiger partial charge in [-0.2, -0.15) is 5.10 Å². The highest BCUT2D eigenvalue weighted by Crippen LogP contribution is 2.23. The van der Waals surface area contributed by atoms with Crippen LogP contribution in [0.25, 0.3) is 5.69 Å². The Kier molecular flexibility index (Phi) is 3.74. The maximum atomic E-state index is 14.2. The first-order valence-electron chi connectivity index (χ1n) is 6.76. The van der Waals surface area contributed by atoms with E-state index < -0.39 is 0 Å². The molecule has 1 heterocycles. The van der Waals surface area contributed by atoms with Crippen molar-refractivity contribution in [2.24, 2.45) is 0 Å². The van der Waals surface area contributed by atoms with Crippen LogP contribution >= 0.6 is 0 Å². The molecule has 0 saturated carbocycles. The van der Waals surface area contributed by atoms with Crippen LogP contribution in [0.5, 0.6) is 0 Å². The second kappa shape index (κ2) is 5.16. The number of nitrogens with zero attached hydrogens (tertiary/aromatic N) is 2. The first-order chi connectivity index (χ1) is 8.90. The lowest BCUT2D eigenvalue weighted by Crippen LogP contribution is -2.00. The van der Waals surface area contributed by atoms with Gasteiger partial charge >= 0.3 is 0 Å². The minimum absolute atomic E-state index is 0.219. The van der Waals surface area contributed by atoms with E-state index in [-0.39, 0.29) is 5.82 Å². The van der Waals surface area contributed by atoms with E-state index in [1.165, 1.54) is 0 Å². The number of rotatable bonds is 3. The quantitative estimate of drug-likeness (QED) is 0.790. The summed E-state index contributed by atoms with van der Waals surface area (Å²) in [5.74, 6) is 0.505. The lowest BCUT2D eigenvalue weighted by molar-refractivity contribution is 0.606. The van der Waals surface area contributed by atoms with E-state index in [0.29, 0.717) is 17.5 Å². The molecule has 0 unspecified atom stereocenters. The van der Waals surface area contributed by atoms with Gasteiger partial charge in [0.1, 0.15) is 11.5 Å². The van der Waals surface area contributed by atoms with E-state index in [0.717, 1.165) is 16.8 Å². The van der Waals surface area contributed by atoms with Crippen LogP contribution in [-0.4, -0.2) is 9.78 Å². The van der Waals surface area contributed by atoms with Crippen molar-refractivity contribution < 1.29 is 4.39 Å². The third kappa shape index (κ3) is 2.70. The summed E-state index contributed by atoms with van der Waals surface area (Å²) >= 11 is 0. The van der Waals surface area contributed by atoms with E-state index in [1.807, 2.05) is 19.2 Å². The lowest BCUT2D eigenvalue weighted by Gasteiger charge is -2.08. The summed E-state index contributed by atoms with van der Waals surface area (Å²) in [5, 5.41) is 4.41. The zero-order valence-electron chi connectivity index (χ0n) is 12.2. The molecule has 0 aliphatic carbocycles. The predicted octanol–water partition coefficient (Wildman–Crippen LogP) is 4.57. The van der Waals surface area contributed by atoms with Crippen LogP contribution in [0.2, 0.25) is 0 Å². The number of aryl methyl sites for hydroxylation is 1.